The van der Waals surface area contributed by atoms with Gasteiger partial charge in [0.05, 0.1) is 11.4 Å². The quantitative estimate of drug-likeness (QED) is 0.555. The fourth-order valence-corrected chi connectivity index (χ4v) is 1.82. The lowest BCUT2D eigenvalue weighted by Crippen LogP contribution is -2.03. The van der Waals surface area contributed by atoms with Crippen molar-refractivity contribution < 1.29 is 8.42 Å². The summed E-state index contributed by atoms with van der Waals surface area (Å²) in [5, 5.41) is 0. The molecule has 10 heavy (non-hydrogen) atoms. The van der Waals surface area contributed by atoms with Crippen LogP contribution >= 0.6 is 0 Å². The number of hydrogen-bond acceptors (Lipinski definition) is 3. The summed E-state index contributed by atoms with van der Waals surface area (Å²) >= 11 is 0. The van der Waals surface area contributed by atoms with Gasteiger partial charge in [0.2, 0.25) is 0 Å². The molecule has 0 aromatic carbocycles. The highest BCUT2D eigenvalue weighted by atomic mass is 32.2. The molecular weight excluding hydrogens is 150 g/mol. The van der Waals surface area contributed by atoms with Crippen LogP contribution in [0.5, 0.6) is 0 Å². The van der Waals surface area contributed by atoms with Gasteiger partial charge in [-0.15, -0.1) is 0 Å². The van der Waals surface area contributed by atoms with Crippen molar-refractivity contribution in [2.45, 2.75) is 6.92 Å². The summed E-state index contributed by atoms with van der Waals surface area (Å²) in [6.45, 7) is 2.08. The predicted octanol–water partition coefficient (Wildman–Crippen LogP) is 0.389. The number of allylic oxidation sites excluding steroid dienone is 1. The van der Waals surface area contributed by atoms with Crippen molar-refractivity contribution in [3.8, 4) is 0 Å². The van der Waals surface area contributed by atoms with Gasteiger partial charge in [-0.1, -0.05) is 0 Å². The lowest BCUT2D eigenvalue weighted by atomic mass is 10.3. The topological polar surface area (TPSA) is 46.5 Å². The van der Waals surface area contributed by atoms with Crippen molar-refractivity contribution in [2.24, 2.45) is 4.99 Å². The van der Waals surface area contributed by atoms with Crippen LogP contribution in [0.15, 0.2) is 15.5 Å². The van der Waals surface area contributed by atoms with Crippen LogP contribution < -0.4 is 0 Å². The maximum absolute atomic E-state index is 10.9. The summed E-state index contributed by atoms with van der Waals surface area (Å²) in [4.78, 5) is 4.29. The number of sulfone groups is 1. The van der Waals surface area contributed by atoms with E-state index in [0.717, 1.165) is 5.57 Å². The smallest absolute Gasteiger partial charge is 0.173 e. The molecule has 3 nitrogen and oxygen atoms in total. The lowest BCUT2D eigenvalue weighted by Gasteiger charge is -1.96. The van der Waals surface area contributed by atoms with Crippen molar-refractivity contribution in [1.29, 1.82) is 0 Å². The van der Waals surface area contributed by atoms with Gasteiger partial charge in [-0.3, -0.25) is 4.99 Å². The molecule has 4 heteroatoms. The largest absolute Gasteiger partial charge is 0.287 e. The van der Waals surface area contributed by atoms with Crippen LogP contribution in [0.2, 0.25) is 0 Å². The number of nitrogens with zero attached hydrogens (tertiary/aromatic N) is 1. The molecule has 1 aliphatic heterocycles. The van der Waals surface area contributed by atoms with Gasteiger partial charge in [0.25, 0.3) is 0 Å². The molecule has 0 aliphatic carbocycles. The van der Waals surface area contributed by atoms with E-state index in [1.807, 2.05) is 0 Å². The van der Waals surface area contributed by atoms with Crippen LogP contribution in [0.25, 0.3) is 0 Å². The SMILES string of the molecule is CC1=C(S(C)(=O)=O)CN=C1. The molecule has 0 aromatic heterocycles. The Morgan fingerprint density at radius 1 is 1.60 bits per heavy atom. The fourth-order valence-electron chi connectivity index (χ4n) is 0.872. The minimum atomic E-state index is -3.00. The van der Waals surface area contributed by atoms with E-state index >= 15 is 0 Å². The molecule has 0 fully saturated rings. The highest BCUT2D eigenvalue weighted by molar-refractivity contribution is 7.94. The first-order valence-corrected chi connectivity index (χ1v) is 4.80. The van der Waals surface area contributed by atoms with E-state index in [1.165, 1.54) is 6.26 Å². The second-order valence-electron chi connectivity index (χ2n) is 2.35. The molecule has 0 atom stereocenters. The molecular formula is C6H9NO2S. The summed E-state index contributed by atoms with van der Waals surface area (Å²) in [5.41, 5.74) is 0.766. The van der Waals surface area contributed by atoms with Crippen LogP contribution in [-0.2, 0) is 9.84 Å². The van der Waals surface area contributed by atoms with E-state index < -0.39 is 9.84 Å². The third-order valence-corrected chi connectivity index (χ3v) is 2.75. The van der Waals surface area contributed by atoms with Gasteiger partial charge in [0.15, 0.2) is 9.84 Å². The Balaban J connectivity index is 3.10. The van der Waals surface area contributed by atoms with Gasteiger partial charge in [-0.05, 0) is 12.5 Å². The second kappa shape index (κ2) is 2.20. The maximum Gasteiger partial charge on any atom is 0.173 e. The first-order chi connectivity index (χ1) is 4.52. The fraction of sp³-hybridized carbons (Fsp3) is 0.500. The molecule has 1 rings (SSSR count). The van der Waals surface area contributed by atoms with E-state index in [9.17, 15) is 8.42 Å². The lowest BCUT2D eigenvalue weighted by molar-refractivity contribution is 0.607. The zero-order chi connectivity index (χ0) is 7.78. The second-order valence-corrected chi connectivity index (χ2v) is 4.39. The van der Waals surface area contributed by atoms with Gasteiger partial charge in [-0.2, -0.15) is 0 Å². The van der Waals surface area contributed by atoms with E-state index in [-0.39, 0.29) is 0 Å². The Bertz CT molecular complexity index is 298. The molecule has 0 unspecified atom stereocenters. The van der Waals surface area contributed by atoms with Crippen molar-refractivity contribution in [2.75, 3.05) is 12.8 Å². The molecule has 0 saturated heterocycles. The molecule has 0 radical (unpaired) electrons. The highest BCUT2D eigenvalue weighted by Crippen LogP contribution is 2.14. The third kappa shape index (κ3) is 1.26. The van der Waals surface area contributed by atoms with Crippen LogP contribution in [0, 0.1) is 0 Å². The van der Waals surface area contributed by atoms with E-state index in [1.54, 1.807) is 13.1 Å². The third-order valence-electron chi connectivity index (χ3n) is 1.41. The van der Waals surface area contributed by atoms with E-state index in [2.05, 4.69) is 4.99 Å². The van der Waals surface area contributed by atoms with Gasteiger partial charge >= 0.3 is 0 Å². The van der Waals surface area contributed by atoms with Gasteiger partial charge in [-0.25, -0.2) is 8.42 Å². The molecule has 1 aliphatic rings. The van der Waals surface area contributed by atoms with Gasteiger partial charge in [0, 0.05) is 12.5 Å². The van der Waals surface area contributed by atoms with E-state index in [4.69, 9.17) is 0 Å². The zero-order valence-corrected chi connectivity index (χ0v) is 6.77. The number of hydrogen-bond donors (Lipinski definition) is 0. The Morgan fingerprint density at radius 2 is 2.20 bits per heavy atom. The highest BCUT2D eigenvalue weighted by Gasteiger charge is 2.16. The van der Waals surface area contributed by atoms with Crippen molar-refractivity contribution in [1.82, 2.24) is 0 Å². The molecule has 0 bridgehead atoms. The summed E-state index contributed by atoms with van der Waals surface area (Å²) < 4.78 is 21.8. The van der Waals surface area contributed by atoms with Crippen LogP contribution in [0.3, 0.4) is 0 Å². The molecule has 0 spiro atoms. The standard InChI is InChI=1S/C6H9NO2S/c1-5-3-7-4-6(5)10(2,8)9/h3H,4H2,1-2H3. The molecule has 56 valence electrons. The Hall–Kier alpha value is -0.640. The zero-order valence-electron chi connectivity index (χ0n) is 5.96. The van der Waals surface area contributed by atoms with Crippen LogP contribution in [0.1, 0.15) is 6.92 Å². The van der Waals surface area contributed by atoms with Gasteiger partial charge in [0.1, 0.15) is 0 Å². The minimum absolute atomic E-state index is 0.324. The van der Waals surface area contributed by atoms with Crippen molar-refractivity contribution >= 4 is 16.1 Å². The molecule has 0 saturated carbocycles. The molecule has 0 aromatic rings. The first-order valence-electron chi connectivity index (χ1n) is 2.91. The Labute approximate surface area is 60.4 Å². The Kier molecular flexibility index (Phi) is 1.64. The first kappa shape index (κ1) is 7.47. The van der Waals surface area contributed by atoms with Crippen molar-refractivity contribution in [3.05, 3.63) is 10.5 Å². The Morgan fingerprint density at radius 3 is 2.40 bits per heavy atom. The number of rotatable bonds is 1. The summed E-state index contributed by atoms with van der Waals surface area (Å²) in [7, 11) is -3.00. The monoisotopic (exact) mass is 159 g/mol. The van der Waals surface area contributed by atoms with Crippen molar-refractivity contribution in [3.63, 3.8) is 0 Å². The number of aliphatic imine (C=N–C) groups is 1. The van der Waals surface area contributed by atoms with Gasteiger partial charge < -0.3 is 0 Å². The van der Waals surface area contributed by atoms with E-state index in [0.29, 0.717) is 11.4 Å². The molecule has 1 heterocycles. The average molecular weight is 159 g/mol. The predicted molar refractivity (Wildman–Crippen MR) is 40.9 cm³/mol. The average Bonchev–Trinajstić information content (AvgIpc) is 2.11. The van der Waals surface area contributed by atoms with Crippen LogP contribution in [-0.4, -0.2) is 27.4 Å². The summed E-state index contributed by atoms with van der Waals surface area (Å²) in [5.74, 6) is 0. The summed E-state index contributed by atoms with van der Waals surface area (Å²) in [6.07, 6.45) is 2.80. The molecule has 0 amide bonds. The molecule has 0 N–H and O–H groups in total. The normalized spacial score (nSPS) is 18.6. The minimum Gasteiger partial charge on any atom is -0.287 e. The maximum atomic E-state index is 10.9. The summed E-state index contributed by atoms with van der Waals surface area (Å²) in [6, 6.07) is 0. The van der Waals surface area contributed by atoms with Crippen LogP contribution in [0.4, 0.5) is 0 Å².